The first kappa shape index (κ1) is 24.0. The summed E-state index contributed by atoms with van der Waals surface area (Å²) in [7, 11) is 0. The molecule has 0 fully saturated rings. The van der Waals surface area contributed by atoms with E-state index < -0.39 is 28.9 Å². The molecule has 1 amide bonds. The zero-order valence-electron chi connectivity index (χ0n) is 18.3. The molecule has 1 heterocycles. The minimum absolute atomic E-state index is 0.149. The lowest BCUT2D eigenvalue weighted by atomic mass is 10.1. The molecule has 6 nitrogen and oxygen atoms in total. The number of nitrogens with zero attached hydrogens (tertiary/aromatic N) is 2. The number of carbonyl (C=O) groups excluding carboxylic acids is 1. The minimum Gasteiger partial charge on any atom is -0.348 e. The van der Waals surface area contributed by atoms with Crippen molar-refractivity contribution in [1.82, 2.24) is 14.5 Å². The van der Waals surface area contributed by atoms with Crippen LogP contribution in [0.25, 0.3) is 5.69 Å². The van der Waals surface area contributed by atoms with Crippen molar-refractivity contribution >= 4 is 5.91 Å². The molecule has 0 aliphatic rings. The van der Waals surface area contributed by atoms with Crippen LogP contribution in [0.15, 0.2) is 64.3 Å². The van der Waals surface area contributed by atoms with Crippen molar-refractivity contribution in [1.29, 1.82) is 0 Å². The first-order chi connectivity index (χ1) is 15.6. The lowest BCUT2D eigenvalue weighted by molar-refractivity contribution is -0.137. The first-order valence-corrected chi connectivity index (χ1v) is 10.5. The highest BCUT2D eigenvalue weighted by atomic mass is 19.4. The molecule has 9 heteroatoms. The molecule has 174 valence electrons. The summed E-state index contributed by atoms with van der Waals surface area (Å²) in [5.41, 5.74) is -1.49. The molecular formula is C24H24F3N3O3. The molecule has 0 aliphatic carbocycles. The average Bonchev–Trinajstić information content (AvgIpc) is 2.78. The molecular weight excluding hydrogens is 435 g/mol. The number of amides is 1. The van der Waals surface area contributed by atoms with Gasteiger partial charge in [-0.05, 0) is 37.1 Å². The fourth-order valence-corrected chi connectivity index (χ4v) is 3.28. The molecule has 3 rings (SSSR count). The molecule has 0 saturated heterocycles. The summed E-state index contributed by atoms with van der Waals surface area (Å²) in [6, 6.07) is 11.3. The van der Waals surface area contributed by atoms with Gasteiger partial charge in [0.1, 0.15) is 5.56 Å². The van der Waals surface area contributed by atoms with E-state index >= 15 is 0 Å². The summed E-state index contributed by atoms with van der Waals surface area (Å²) in [4.78, 5) is 38.9. The van der Waals surface area contributed by atoms with Crippen molar-refractivity contribution in [2.75, 3.05) is 0 Å². The second kappa shape index (κ2) is 9.89. The molecule has 1 N–H and O–H groups in total. The predicted octanol–water partition coefficient (Wildman–Crippen LogP) is 4.06. The molecule has 3 aromatic rings. The van der Waals surface area contributed by atoms with Gasteiger partial charge in [-0.2, -0.15) is 13.2 Å². The van der Waals surface area contributed by atoms with Gasteiger partial charge in [-0.1, -0.05) is 49.2 Å². The number of halogens is 3. The largest absolute Gasteiger partial charge is 0.416 e. The number of unbranched alkanes of at least 4 members (excludes halogenated alkanes) is 1. The molecule has 33 heavy (non-hydrogen) atoms. The van der Waals surface area contributed by atoms with Crippen LogP contribution in [-0.2, 0) is 19.3 Å². The third-order valence-electron chi connectivity index (χ3n) is 5.16. The Morgan fingerprint density at radius 2 is 1.76 bits per heavy atom. The Balaban J connectivity index is 2.06. The molecule has 0 saturated carbocycles. The van der Waals surface area contributed by atoms with E-state index in [1.165, 1.54) is 16.8 Å². The van der Waals surface area contributed by atoms with Gasteiger partial charge in [0, 0.05) is 19.3 Å². The molecule has 0 spiro atoms. The maximum Gasteiger partial charge on any atom is 0.416 e. The van der Waals surface area contributed by atoms with Gasteiger partial charge in [-0.25, -0.2) is 9.36 Å². The van der Waals surface area contributed by atoms with Crippen molar-refractivity contribution in [2.24, 2.45) is 0 Å². The van der Waals surface area contributed by atoms with Crippen LogP contribution in [0.2, 0.25) is 0 Å². The fourth-order valence-electron chi connectivity index (χ4n) is 3.28. The van der Waals surface area contributed by atoms with Gasteiger partial charge in [0.15, 0.2) is 0 Å². The Kier molecular flexibility index (Phi) is 7.20. The Bertz CT molecular complexity index is 1260. The number of benzene rings is 2. The van der Waals surface area contributed by atoms with E-state index in [1.54, 1.807) is 0 Å². The van der Waals surface area contributed by atoms with Gasteiger partial charge in [0.05, 0.1) is 11.3 Å². The van der Waals surface area contributed by atoms with Gasteiger partial charge in [0.25, 0.3) is 11.5 Å². The van der Waals surface area contributed by atoms with E-state index in [9.17, 15) is 27.6 Å². The zero-order chi connectivity index (χ0) is 24.2. The number of rotatable bonds is 7. The number of aromatic nitrogens is 2. The Morgan fingerprint density at radius 3 is 2.39 bits per heavy atom. The van der Waals surface area contributed by atoms with Crippen molar-refractivity contribution in [2.45, 2.75) is 46.0 Å². The summed E-state index contributed by atoms with van der Waals surface area (Å²) in [6.07, 6.45) is -2.14. The fraction of sp³-hybridized carbons (Fsp3) is 0.292. The third kappa shape index (κ3) is 5.60. The van der Waals surface area contributed by atoms with E-state index in [-0.39, 0.29) is 24.3 Å². The molecule has 0 aliphatic heterocycles. The van der Waals surface area contributed by atoms with Crippen molar-refractivity contribution in [3.8, 4) is 5.69 Å². The van der Waals surface area contributed by atoms with Gasteiger partial charge in [-0.3, -0.25) is 14.2 Å². The number of alkyl halides is 3. The summed E-state index contributed by atoms with van der Waals surface area (Å²) in [5.74, 6) is -0.716. The number of hydrogen-bond acceptors (Lipinski definition) is 3. The maximum atomic E-state index is 13.2. The Hall–Kier alpha value is -3.62. The third-order valence-corrected chi connectivity index (χ3v) is 5.16. The lowest BCUT2D eigenvalue weighted by Crippen LogP contribution is -2.43. The molecule has 0 bridgehead atoms. The van der Waals surface area contributed by atoms with E-state index in [4.69, 9.17) is 0 Å². The summed E-state index contributed by atoms with van der Waals surface area (Å²) in [5, 5.41) is 2.64. The molecule has 2 aromatic carbocycles. The highest BCUT2D eigenvalue weighted by Gasteiger charge is 2.31. The van der Waals surface area contributed by atoms with Gasteiger partial charge in [-0.15, -0.1) is 0 Å². The van der Waals surface area contributed by atoms with Gasteiger partial charge in [0.2, 0.25) is 0 Å². The van der Waals surface area contributed by atoms with E-state index in [0.29, 0.717) is 11.0 Å². The first-order valence-electron chi connectivity index (χ1n) is 10.5. The van der Waals surface area contributed by atoms with E-state index in [1.807, 2.05) is 38.1 Å². The highest BCUT2D eigenvalue weighted by Crippen LogP contribution is 2.29. The van der Waals surface area contributed by atoms with Crippen molar-refractivity contribution < 1.29 is 18.0 Å². The van der Waals surface area contributed by atoms with Crippen molar-refractivity contribution in [3.63, 3.8) is 0 Å². The van der Waals surface area contributed by atoms with Crippen LogP contribution in [0.3, 0.4) is 0 Å². The number of aryl methyl sites for hydroxylation is 2. The lowest BCUT2D eigenvalue weighted by Gasteiger charge is -2.14. The average molecular weight is 459 g/mol. The number of nitrogens with one attached hydrogen (secondary N) is 1. The van der Waals surface area contributed by atoms with Crippen LogP contribution in [0, 0.1) is 6.92 Å². The highest BCUT2D eigenvalue weighted by molar-refractivity contribution is 5.93. The molecule has 1 aromatic heterocycles. The minimum atomic E-state index is -4.65. The van der Waals surface area contributed by atoms with Crippen molar-refractivity contribution in [3.05, 3.63) is 97.8 Å². The second-order valence-corrected chi connectivity index (χ2v) is 7.73. The molecule has 0 radical (unpaired) electrons. The predicted molar refractivity (Wildman–Crippen MR) is 119 cm³/mol. The normalized spacial score (nSPS) is 11.4. The zero-order valence-corrected chi connectivity index (χ0v) is 18.3. The monoisotopic (exact) mass is 459 g/mol. The summed E-state index contributed by atoms with van der Waals surface area (Å²) < 4.78 is 41.4. The summed E-state index contributed by atoms with van der Waals surface area (Å²) in [6.45, 7) is 4.20. The smallest absolute Gasteiger partial charge is 0.348 e. The van der Waals surface area contributed by atoms with Crippen LogP contribution in [0.5, 0.6) is 0 Å². The van der Waals surface area contributed by atoms with Gasteiger partial charge >= 0.3 is 11.9 Å². The van der Waals surface area contributed by atoms with Crippen LogP contribution < -0.4 is 16.6 Å². The number of carbonyl (C=O) groups is 1. The van der Waals surface area contributed by atoms with Crippen LogP contribution in [0.4, 0.5) is 13.2 Å². The van der Waals surface area contributed by atoms with Crippen LogP contribution in [0.1, 0.15) is 46.8 Å². The topological polar surface area (TPSA) is 73.1 Å². The number of hydrogen-bond donors (Lipinski definition) is 1. The molecule has 0 atom stereocenters. The second-order valence-electron chi connectivity index (χ2n) is 7.73. The van der Waals surface area contributed by atoms with E-state index in [0.717, 1.165) is 35.7 Å². The standard InChI is InChI=1S/C24H24F3N3O3/c1-3-4-12-29-15-20(21(31)28-14-17-10-8-16(2)9-11-17)22(32)30(23(29)33)19-7-5-6-18(13-19)24(25,26)27/h5-11,13,15H,3-4,12,14H2,1-2H3,(H,28,31). The quantitative estimate of drug-likeness (QED) is 0.579. The van der Waals surface area contributed by atoms with Gasteiger partial charge < -0.3 is 5.32 Å². The molecule has 0 unspecified atom stereocenters. The summed E-state index contributed by atoms with van der Waals surface area (Å²) >= 11 is 0. The van der Waals surface area contributed by atoms with E-state index in [2.05, 4.69) is 5.32 Å². The van der Waals surface area contributed by atoms with Crippen LogP contribution in [-0.4, -0.2) is 15.0 Å². The maximum absolute atomic E-state index is 13.2. The van der Waals surface area contributed by atoms with Crippen LogP contribution >= 0.6 is 0 Å². The SMILES string of the molecule is CCCCn1cc(C(=O)NCc2ccc(C)cc2)c(=O)n(-c2cccc(C(F)(F)F)c2)c1=O. The Morgan fingerprint density at radius 1 is 1.06 bits per heavy atom. The Labute approximate surface area is 188 Å².